The van der Waals surface area contributed by atoms with E-state index in [2.05, 4.69) is 22.7 Å². The second-order valence-electron chi connectivity index (χ2n) is 8.06. The third-order valence-electron chi connectivity index (χ3n) is 5.94. The van der Waals surface area contributed by atoms with Crippen molar-refractivity contribution in [3.05, 3.63) is 47.8 Å². The Morgan fingerprint density at radius 1 is 1.10 bits per heavy atom. The van der Waals surface area contributed by atoms with Crippen LogP contribution in [0.4, 0.5) is 5.69 Å². The van der Waals surface area contributed by atoms with Crippen LogP contribution in [0.25, 0.3) is 0 Å². The molecule has 1 aromatic carbocycles. The number of anilines is 1. The van der Waals surface area contributed by atoms with Gasteiger partial charge in [-0.05, 0) is 75.9 Å². The molecule has 2 aliphatic heterocycles. The zero-order valence-corrected chi connectivity index (χ0v) is 16.9. The topological polar surface area (TPSA) is 79.3 Å². The van der Waals surface area contributed by atoms with E-state index in [9.17, 15) is 9.59 Å². The van der Waals surface area contributed by atoms with Crippen molar-refractivity contribution in [2.24, 2.45) is 0 Å². The minimum atomic E-state index is -0.240. The van der Waals surface area contributed by atoms with Gasteiger partial charge in [0, 0.05) is 36.6 Å². The van der Waals surface area contributed by atoms with Crippen molar-refractivity contribution < 1.29 is 9.59 Å². The van der Waals surface area contributed by atoms with Crippen molar-refractivity contribution in [2.75, 3.05) is 25.0 Å². The van der Waals surface area contributed by atoms with Crippen molar-refractivity contribution in [3.8, 4) is 0 Å². The van der Waals surface area contributed by atoms with Crippen LogP contribution >= 0.6 is 0 Å². The summed E-state index contributed by atoms with van der Waals surface area (Å²) in [5, 5.41) is 10.7. The Morgan fingerprint density at radius 3 is 2.66 bits per heavy atom. The lowest BCUT2D eigenvalue weighted by atomic mass is 10.0. The van der Waals surface area contributed by atoms with E-state index in [1.165, 1.54) is 6.42 Å². The highest BCUT2D eigenvalue weighted by Crippen LogP contribution is 2.21. The highest BCUT2D eigenvalue weighted by atomic mass is 16.2. The van der Waals surface area contributed by atoms with Crippen LogP contribution in [0.5, 0.6) is 0 Å². The predicted molar refractivity (Wildman–Crippen MR) is 112 cm³/mol. The molecule has 2 saturated heterocycles. The number of hydrogen-bond acceptors (Lipinski definition) is 4. The number of carbonyl (C=O) groups is 2. The standard InChI is InChI=1S/C22H29N5O2/c1-16-5-2-3-13-26(16)22(29)17-7-9-18(10-8-17)24-21(28)20-11-14-27(25-20)19-6-4-12-23-15-19/h7-11,14,16,19,23H,2-6,12-13,15H2,1H3,(H,24,28). The molecule has 0 aliphatic carbocycles. The van der Waals surface area contributed by atoms with E-state index in [0.29, 0.717) is 23.0 Å². The van der Waals surface area contributed by atoms with Crippen LogP contribution in [-0.4, -0.2) is 52.2 Å². The summed E-state index contributed by atoms with van der Waals surface area (Å²) in [5.41, 5.74) is 1.72. The molecule has 2 aromatic rings. The van der Waals surface area contributed by atoms with Crippen LogP contribution < -0.4 is 10.6 Å². The number of hydrogen-bond donors (Lipinski definition) is 2. The molecular formula is C22H29N5O2. The Labute approximate surface area is 171 Å². The molecule has 29 heavy (non-hydrogen) atoms. The molecule has 2 N–H and O–H groups in total. The quantitative estimate of drug-likeness (QED) is 0.834. The van der Waals surface area contributed by atoms with Crippen molar-refractivity contribution in [3.63, 3.8) is 0 Å². The van der Waals surface area contributed by atoms with Crippen LogP contribution in [0.15, 0.2) is 36.5 Å². The lowest BCUT2D eigenvalue weighted by Crippen LogP contribution is -2.42. The summed E-state index contributed by atoms with van der Waals surface area (Å²) < 4.78 is 1.88. The number of nitrogens with zero attached hydrogens (tertiary/aromatic N) is 3. The third-order valence-corrected chi connectivity index (χ3v) is 5.94. The first kappa shape index (κ1) is 19.6. The number of piperidine rings is 2. The van der Waals surface area contributed by atoms with Crippen molar-refractivity contribution >= 4 is 17.5 Å². The molecule has 154 valence electrons. The van der Waals surface area contributed by atoms with Gasteiger partial charge in [0.2, 0.25) is 0 Å². The average Bonchev–Trinajstić information content (AvgIpc) is 3.25. The second kappa shape index (κ2) is 8.78. The van der Waals surface area contributed by atoms with Crippen LogP contribution in [0, 0.1) is 0 Å². The fraction of sp³-hybridized carbons (Fsp3) is 0.500. The summed E-state index contributed by atoms with van der Waals surface area (Å²) in [6.45, 7) is 4.85. The maximum absolute atomic E-state index is 12.7. The summed E-state index contributed by atoms with van der Waals surface area (Å²) in [4.78, 5) is 27.2. The van der Waals surface area contributed by atoms with Crippen LogP contribution in [0.3, 0.4) is 0 Å². The zero-order valence-electron chi connectivity index (χ0n) is 16.9. The number of amides is 2. The molecule has 4 rings (SSSR count). The number of likely N-dealkylation sites (tertiary alicyclic amines) is 1. The SMILES string of the molecule is CC1CCCCN1C(=O)c1ccc(NC(=O)c2ccn(C3CCCNC3)n2)cc1. The van der Waals surface area contributed by atoms with E-state index >= 15 is 0 Å². The number of aromatic nitrogens is 2. The fourth-order valence-electron chi connectivity index (χ4n) is 4.18. The highest BCUT2D eigenvalue weighted by molar-refractivity contribution is 6.03. The van der Waals surface area contributed by atoms with E-state index in [0.717, 1.165) is 45.3 Å². The molecule has 7 heteroatoms. The van der Waals surface area contributed by atoms with Gasteiger partial charge in [0.05, 0.1) is 6.04 Å². The summed E-state index contributed by atoms with van der Waals surface area (Å²) in [5.74, 6) is -0.175. The van der Waals surface area contributed by atoms with E-state index in [-0.39, 0.29) is 17.9 Å². The van der Waals surface area contributed by atoms with E-state index in [1.807, 2.05) is 15.8 Å². The molecule has 0 saturated carbocycles. The Morgan fingerprint density at radius 2 is 1.93 bits per heavy atom. The largest absolute Gasteiger partial charge is 0.336 e. The minimum Gasteiger partial charge on any atom is -0.336 e. The molecule has 0 spiro atoms. The van der Waals surface area contributed by atoms with Crippen molar-refractivity contribution in [2.45, 2.75) is 51.1 Å². The van der Waals surface area contributed by atoms with Gasteiger partial charge >= 0.3 is 0 Å². The van der Waals surface area contributed by atoms with Gasteiger partial charge in [0.1, 0.15) is 0 Å². The molecule has 3 heterocycles. The summed E-state index contributed by atoms with van der Waals surface area (Å²) >= 11 is 0. The molecule has 2 atom stereocenters. The first-order valence-electron chi connectivity index (χ1n) is 10.6. The molecule has 2 unspecified atom stereocenters. The van der Waals surface area contributed by atoms with Gasteiger partial charge in [-0.1, -0.05) is 0 Å². The molecule has 2 amide bonds. The molecule has 0 radical (unpaired) electrons. The van der Waals surface area contributed by atoms with Gasteiger partial charge in [-0.25, -0.2) is 0 Å². The van der Waals surface area contributed by atoms with Gasteiger partial charge in [0.15, 0.2) is 5.69 Å². The zero-order chi connectivity index (χ0) is 20.2. The van der Waals surface area contributed by atoms with Gasteiger partial charge in [-0.15, -0.1) is 0 Å². The fourth-order valence-corrected chi connectivity index (χ4v) is 4.18. The normalized spacial score (nSPS) is 22.3. The van der Waals surface area contributed by atoms with E-state index in [1.54, 1.807) is 30.3 Å². The van der Waals surface area contributed by atoms with Crippen LogP contribution in [0.1, 0.15) is 65.9 Å². The van der Waals surface area contributed by atoms with Gasteiger partial charge in [0.25, 0.3) is 11.8 Å². The Hall–Kier alpha value is -2.67. The molecule has 1 aromatic heterocycles. The first-order valence-corrected chi connectivity index (χ1v) is 10.6. The lowest BCUT2D eigenvalue weighted by Gasteiger charge is -2.33. The monoisotopic (exact) mass is 395 g/mol. The number of benzene rings is 1. The molecular weight excluding hydrogens is 366 g/mol. The molecule has 2 fully saturated rings. The molecule has 7 nitrogen and oxygen atoms in total. The second-order valence-corrected chi connectivity index (χ2v) is 8.06. The van der Waals surface area contributed by atoms with E-state index < -0.39 is 0 Å². The Balaban J connectivity index is 1.37. The number of nitrogens with one attached hydrogen (secondary N) is 2. The molecule has 0 bridgehead atoms. The molecule has 2 aliphatic rings. The smallest absolute Gasteiger partial charge is 0.276 e. The number of carbonyl (C=O) groups excluding carboxylic acids is 2. The Bertz CT molecular complexity index is 854. The Kier molecular flexibility index (Phi) is 5.94. The average molecular weight is 396 g/mol. The first-order chi connectivity index (χ1) is 14.1. The van der Waals surface area contributed by atoms with Crippen LogP contribution in [-0.2, 0) is 0 Å². The maximum Gasteiger partial charge on any atom is 0.276 e. The van der Waals surface area contributed by atoms with Crippen LogP contribution in [0.2, 0.25) is 0 Å². The number of rotatable bonds is 4. The summed E-state index contributed by atoms with van der Waals surface area (Å²) in [7, 11) is 0. The van der Waals surface area contributed by atoms with Crippen molar-refractivity contribution in [1.29, 1.82) is 0 Å². The third kappa shape index (κ3) is 4.50. The van der Waals surface area contributed by atoms with E-state index in [4.69, 9.17) is 0 Å². The highest BCUT2D eigenvalue weighted by Gasteiger charge is 2.24. The van der Waals surface area contributed by atoms with Gasteiger partial charge < -0.3 is 15.5 Å². The van der Waals surface area contributed by atoms with Gasteiger partial charge in [-0.3, -0.25) is 14.3 Å². The van der Waals surface area contributed by atoms with Crippen molar-refractivity contribution in [1.82, 2.24) is 20.0 Å². The van der Waals surface area contributed by atoms with Gasteiger partial charge in [-0.2, -0.15) is 5.10 Å². The maximum atomic E-state index is 12.7. The summed E-state index contributed by atoms with van der Waals surface area (Å²) in [6.07, 6.45) is 7.36. The lowest BCUT2D eigenvalue weighted by molar-refractivity contribution is 0.0635. The summed E-state index contributed by atoms with van der Waals surface area (Å²) in [6, 6.07) is 9.46. The minimum absolute atomic E-state index is 0.0647. The predicted octanol–water partition coefficient (Wildman–Crippen LogP) is 3.07.